The number of oxazole rings is 1. The fraction of sp³-hybridized carbons (Fsp3) is 0.580. The molecule has 20 heteroatoms. The molecule has 70 heavy (non-hydrogen) atoms. The molecule has 378 valence electrons. The van der Waals surface area contributed by atoms with Crippen molar-refractivity contribution in [1.82, 2.24) is 20.5 Å². The molecule has 5 aliphatic rings. The molecule has 3 aliphatic carbocycles. The second-order valence-electron chi connectivity index (χ2n) is 20.6. The lowest BCUT2D eigenvalue weighted by Gasteiger charge is -2.69. The van der Waals surface area contributed by atoms with Gasteiger partial charge in [0.1, 0.15) is 35.7 Å². The highest BCUT2D eigenvalue weighted by Crippen LogP contribution is 2.73. The quantitative estimate of drug-likeness (QED) is 0.0774. The Morgan fingerprint density at radius 3 is 2.29 bits per heavy atom. The van der Waals surface area contributed by atoms with E-state index in [9.17, 15) is 42.7 Å². The molecule has 3 N–H and O–H groups in total. The summed E-state index contributed by atoms with van der Waals surface area (Å²) in [7, 11) is 0. The summed E-state index contributed by atoms with van der Waals surface area (Å²) in [6.45, 7) is 12.6. The first kappa shape index (κ1) is 52.2. The maximum absolute atomic E-state index is 14.0. The number of unbranched alkanes of at least 4 members (excludes halogenated alkanes) is 2. The predicted molar refractivity (Wildman–Crippen MR) is 255 cm³/mol. The van der Waals surface area contributed by atoms with Crippen LogP contribution in [0, 0.1) is 29.1 Å². The summed E-state index contributed by atoms with van der Waals surface area (Å²) >= 11 is 5.62. The number of halogens is 3. The van der Waals surface area contributed by atoms with Crippen LogP contribution in [0.1, 0.15) is 109 Å². The molecule has 5 fully saturated rings. The number of alkyl halides is 3. The molecule has 3 saturated carbocycles. The molecule has 3 aromatic rings. The molecule has 8 rings (SSSR count). The number of nitrogens with one attached hydrogen (secondary N) is 2. The molecule has 4 amide bonds. The lowest BCUT2D eigenvalue weighted by molar-refractivity contribution is -0.155. The average molecular weight is 994 g/mol. The Labute approximate surface area is 411 Å². The standard InChI is InChI=1S/C50H62F3N7O9S/c1-31-41(69-30-56-31)49-26-48(27-49,28-49)29-55-42(63)38-22-35(61)24-58(38)43(64)40(46(2,3)4)57-39(62)25-67-19-10-18-66-17-8-7-9-20-68-36-15-13-33(14-16-36)60-45(70)59(44(65)47(60,5)6)34-12-11-32(23-54)37(21-34)50(51,52)53/h11-16,21,30,35,38,40,61H,7-10,17-20,22,24-29H2,1-6H3,(H,55,63)(H,57,62)/t35-,38+,40-,48?,49?/m1/s1. The highest BCUT2D eigenvalue weighted by molar-refractivity contribution is 7.81. The Bertz CT molecular complexity index is 2460. The predicted octanol–water partition coefficient (Wildman–Crippen LogP) is 6.49. The summed E-state index contributed by atoms with van der Waals surface area (Å²) in [5.41, 5.74) is -2.25. The number of nitriles is 1. The minimum absolute atomic E-state index is 0.00149. The van der Waals surface area contributed by atoms with Crippen LogP contribution in [0.2, 0.25) is 0 Å². The summed E-state index contributed by atoms with van der Waals surface area (Å²) in [5.74, 6) is -0.212. The van der Waals surface area contributed by atoms with Crippen LogP contribution in [0.15, 0.2) is 53.3 Å². The van der Waals surface area contributed by atoms with Gasteiger partial charge in [0, 0.05) is 50.4 Å². The van der Waals surface area contributed by atoms with Crippen molar-refractivity contribution in [3.63, 3.8) is 0 Å². The summed E-state index contributed by atoms with van der Waals surface area (Å²) < 4.78 is 64.0. The van der Waals surface area contributed by atoms with Gasteiger partial charge in [0.05, 0.1) is 41.3 Å². The van der Waals surface area contributed by atoms with Gasteiger partial charge in [-0.25, -0.2) is 4.98 Å². The molecule has 2 aliphatic heterocycles. The third-order valence-electron chi connectivity index (χ3n) is 13.8. The number of hydrogen-bond donors (Lipinski definition) is 3. The summed E-state index contributed by atoms with van der Waals surface area (Å²) in [5, 5.41) is 25.6. The molecule has 3 heterocycles. The number of carbonyl (C=O) groups is 4. The zero-order valence-electron chi connectivity index (χ0n) is 40.4. The molecule has 0 radical (unpaired) electrons. The number of hydrogen-bond acceptors (Lipinski definition) is 12. The summed E-state index contributed by atoms with van der Waals surface area (Å²) in [6, 6.07) is 9.72. The Morgan fingerprint density at radius 2 is 1.64 bits per heavy atom. The molecule has 1 aromatic heterocycles. The van der Waals surface area contributed by atoms with Crippen LogP contribution in [0.3, 0.4) is 0 Å². The maximum Gasteiger partial charge on any atom is 0.417 e. The van der Waals surface area contributed by atoms with Crippen molar-refractivity contribution in [2.45, 2.75) is 128 Å². The molecule has 0 spiro atoms. The second kappa shape index (κ2) is 20.6. The smallest absolute Gasteiger partial charge is 0.417 e. The third kappa shape index (κ3) is 11.0. The van der Waals surface area contributed by atoms with Gasteiger partial charge >= 0.3 is 6.18 Å². The number of aromatic nitrogens is 1. The average Bonchev–Trinajstić information content (AvgIpc) is 3.93. The van der Waals surface area contributed by atoms with Gasteiger partial charge in [0.15, 0.2) is 11.5 Å². The summed E-state index contributed by atoms with van der Waals surface area (Å²) in [4.78, 5) is 62.2. The zero-order chi connectivity index (χ0) is 50.8. The number of carbonyl (C=O) groups excluding carboxylic acids is 4. The van der Waals surface area contributed by atoms with Crippen molar-refractivity contribution in [3.05, 3.63) is 71.4 Å². The number of β-amino-alcohol motifs (C(OH)–C–C–N with tert-alkyl or cyclic N) is 1. The van der Waals surface area contributed by atoms with E-state index in [4.69, 9.17) is 30.8 Å². The molecular weight excluding hydrogens is 932 g/mol. The lowest BCUT2D eigenvalue weighted by atomic mass is 9.34. The first-order valence-electron chi connectivity index (χ1n) is 23.6. The van der Waals surface area contributed by atoms with Gasteiger partial charge in [0.25, 0.3) is 5.91 Å². The minimum atomic E-state index is -4.80. The normalized spacial score (nSPS) is 23.1. The lowest BCUT2D eigenvalue weighted by Crippen LogP contribution is -2.68. The summed E-state index contributed by atoms with van der Waals surface area (Å²) in [6.07, 6.45) is 1.60. The van der Waals surface area contributed by atoms with Crippen molar-refractivity contribution in [1.29, 1.82) is 5.26 Å². The van der Waals surface area contributed by atoms with E-state index < -0.39 is 64.2 Å². The number of aryl methyl sites for hydroxylation is 1. The van der Waals surface area contributed by atoms with Crippen molar-refractivity contribution in [2.24, 2.45) is 10.8 Å². The largest absolute Gasteiger partial charge is 0.494 e. The molecule has 16 nitrogen and oxygen atoms in total. The fourth-order valence-corrected chi connectivity index (χ4v) is 10.8. The molecule has 2 bridgehead atoms. The van der Waals surface area contributed by atoms with E-state index in [1.54, 1.807) is 49.1 Å². The number of nitrogens with zero attached hydrogens (tertiary/aromatic N) is 5. The van der Waals surface area contributed by atoms with E-state index in [0.29, 0.717) is 44.2 Å². The van der Waals surface area contributed by atoms with Gasteiger partial charge < -0.3 is 44.2 Å². The zero-order valence-corrected chi connectivity index (χ0v) is 41.3. The van der Waals surface area contributed by atoms with Crippen LogP contribution in [0.25, 0.3) is 0 Å². The first-order chi connectivity index (χ1) is 33.0. The monoisotopic (exact) mass is 993 g/mol. The van der Waals surface area contributed by atoms with Crippen LogP contribution in [-0.4, -0.2) is 114 Å². The van der Waals surface area contributed by atoms with Gasteiger partial charge in [-0.3, -0.25) is 24.1 Å². The van der Waals surface area contributed by atoms with Crippen molar-refractivity contribution >= 4 is 52.3 Å². The van der Waals surface area contributed by atoms with E-state index in [2.05, 4.69) is 15.6 Å². The van der Waals surface area contributed by atoms with Crippen molar-refractivity contribution in [2.75, 3.05) is 55.9 Å². The van der Waals surface area contributed by atoms with Crippen LogP contribution >= 0.6 is 12.2 Å². The number of amides is 4. The number of aliphatic hydroxyl groups is 1. The van der Waals surface area contributed by atoms with Gasteiger partial charge in [-0.2, -0.15) is 18.4 Å². The Balaban J connectivity index is 0.757. The van der Waals surface area contributed by atoms with Crippen molar-refractivity contribution in [3.8, 4) is 11.8 Å². The maximum atomic E-state index is 14.0. The SMILES string of the molecule is Cc1ncoc1C12CC(CNC(=O)[C@@H]3C[C@@H](O)CN3C(=O)[C@@H](NC(=O)COCCCOCCCCCOc3ccc(N4C(=S)N(c5ccc(C#N)c(C(F)(F)F)c5)C(=O)C4(C)C)cc3)C(C)(C)C)(C1)C2. The second-order valence-corrected chi connectivity index (χ2v) is 21.0. The van der Waals surface area contributed by atoms with Gasteiger partial charge in [-0.15, -0.1) is 0 Å². The molecule has 2 saturated heterocycles. The molecule has 0 unspecified atom stereocenters. The Hall–Kier alpha value is -5.62. The number of anilines is 2. The fourth-order valence-electron chi connectivity index (χ4n) is 10.3. The van der Waals surface area contributed by atoms with Crippen LogP contribution in [-0.2, 0) is 40.2 Å². The minimum Gasteiger partial charge on any atom is -0.494 e. The van der Waals surface area contributed by atoms with Crippen LogP contribution in [0.5, 0.6) is 5.75 Å². The van der Waals surface area contributed by atoms with Gasteiger partial charge in [-0.05, 0) is 131 Å². The molecular formula is C50H62F3N7O9S. The Morgan fingerprint density at radius 1 is 0.986 bits per heavy atom. The Kier molecular flexibility index (Phi) is 15.4. The van der Waals surface area contributed by atoms with E-state index in [-0.39, 0.29) is 53.7 Å². The van der Waals surface area contributed by atoms with E-state index in [1.165, 1.54) is 17.4 Å². The van der Waals surface area contributed by atoms with E-state index in [1.807, 2.05) is 27.7 Å². The van der Waals surface area contributed by atoms with Gasteiger partial charge in [-0.1, -0.05) is 20.8 Å². The number of aliphatic hydroxyl groups excluding tert-OH is 1. The number of rotatable bonds is 21. The molecule has 3 atom stereocenters. The molecule has 2 aromatic carbocycles. The van der Waals surface area contributed by atoms with E-state index in [0.717, 1.165) is 67.0 Å². The van der Waals surface area contributed by atoms with Crippen LogP contribution in [0.4, 0.5) is 24.5 Å². The topological polar surface area (TPSA) is 200 Å². The van der Waals surface area contributed by atoms with Gasteiger partial charge in [0.2, 0.25) is 17.7 Å². The third-order valence-corrected chi connectivity index (χ3v) is 14.1. The first-order valence-corrected chi connectivity index (χ1v) is 24.1. The highest BCUT2D eigenvalue weighted by atomic mass is 32.1. The number of benzene rings is 2. The highest BCUT2D eigenvalue weighted by Gasteiger charge is 2.70. The number of likely N-dealkylation sites (tertiary alicyclic amines) is 1. The van der Waals surface area contributed by atoms with E-state index >= 15 is 0 Å². The number of thiocarbonyl (C=S) groups is 1. The van der Waals surface area contributed by atoms with Crippen LogP contribution < -0.4 is 25.2 Å². The number of ether oxygens (including phenoxy) is 3. The van der Waals surface area contributed by atoms with Crippen molar-refractivity contribution < 1.29 is 56.1 Å².